The molecule has 3 saturated heterocycles. The largest absolute Gasteiger partial charge is 0.368 e. The summed E-state index contributed by atoms with van der Waals surface area (Å²) < 4.78 is 0. The highest BCUT2D eigenvalue weighted by atomic mass is 35.5. The fourth-order valence-electron chi connectivity index (χ4n) is 8.34. The SMILES string of the molecule is CCc1ccc(Cc2cnc(N)nc2N2CCCC(=O)C2)cc1.Cc1ccc(Cc2cnc(N)nc2N2CCCC(=O)C2)cc1.Nc1ncc(Cc2ccc(Cl)cc2Cl)c(N2CCC(=O)CC2)n1. The number of carbonyl (C=O) groups excluding carboxylic acids is 3. The summed E-state index contributed by atoms with van der Waals surface area (Å²) in [5, 5.41) is 1.20. The Morgan fingerprint density at radius 3 is 1.41 bits per heavy atom. The molecule has 0 radical (unpaired) electrons. The van der Waals surface area contributed by atoms with Gasteiger partial charge in [-0.2, -0.15) is 15.0 Å². The van der Waals surface area contributed by atoms with Gasteiger partial charge >= 0.3 is 0 Å². The Kier molecular flexibility index (Phi) is 16.9. The third-order valence-electron chi connectivity index (χ3n) is 12.0. The maximum absolute atomic E-state index is 11.8. The average molecular weight is 958 g/mol. The molecular formula is C51H58Cl2N12O3. The number of carbonyl (C=O) groups is 3. The van der Waals surface area contributed by atoms with Crippen molar-refractivity contribution in [2.24, 2.45) is 0 Å². The maximum Gasteiger partial charge on any atom is 0.221 e. The molecule has 0 saturated carbocycles. The fraction of sp³-hybridized carbons (Fsp3) is 0.353. The van der Waals surface area contributed by atoms with Gasteiger partial charge in [0.15, 0.2) is 11.6 Å². The highest BCUT2D eigenvalue weighted by Gasteiger charge is 2.24. The lowest BCUT2D eigenvalue weighted by atomic mass is 10.0. The van der Waals surface area contributed by atoms with Crippen LogP contribution in [0.5, 0.6) is 0 Å². The minimum Gasteiger partial charge on any atom is -0.368 e. The van der Waals surface area contributed by atoms with Crippen LogP contribution in [-0.2, 0) is 40.1 Å². The summed E-state index contributed by atoms with van der Waals surface area (Å²) in [6.07, 6.45) is 12.5. The van der Waals surface area contributed by atoms with Gasteiger partial charge in [-0.05, 0) is 60.6 Å². The number of Topliss-reactive ketones (excluding diaryl/α,β-unsaturated/α-hetero) is 3. The molecule has 0 spiro atoms. The number of nitrogens with zero attached hydrogens (tertiary/aromatic N) is 9. The van der Waals surface area contributed by atoms with Crippen LogP contribution in [0, 0.1) is 6.92 Å². The van der Waals surface area contributed by atoms with E-state index < -0.39 is 0 Å². The van der Waals surface area contributed by atoms with Crippen LogP contribution in [-0.4, -0.2) is 86.5 Å². The number of aryl methyl sites for hydroxylation is 2. The lowest BCUT2D eigenvalue weighted by molar-refractivity contribution is -0.120. The van der Waals surface area contributed by atoms with Gasteiger partial charge in [0.05, 0.1) is 13.1 Å². The highest BCUT2D eigenvalue weighted by molar-refractivity contribution is 6.35. The molecule has 3 aromatic carbocycles. The second kappa shape index (κ2) is 23.3. The van der Waals surface area contributed by atoms with Crippen LogP contribution in [0.1, 0.15) is 90.0 Å². The molecule has 3 aliphatic rings. The standard InChI is InChI=1S/C18H22N4O.C17H20N4O.C16H16Cl2N4O/c1-2-13-5-7-14(8-6-13)10-15-11-20-18(19)21-17(15)22-9-3-4-16(23)12-22;1-12-4-6-13(7-5-12)9-14-10-19-17(18)20-16(14)21-8-2-3-15(22)11-21;17-12-2-1-10(14(18)8-12)7-11-9-20-16(19)21-15(11)22-5-3-13(23)4-6-22/h5-8,11H,2-4,9-10,12H2,1H3,(H2,19,20,21);4-7,10H,2-3,8-9,11H2,1H3,(H2,18,19,20);1-2,8-9H,3-7H2,(H2,19,20,21). The van der Waals surface area contributed by atoms with E-state index >= 15 is 0 Å². The van der Waals surface area contributed by atoms with Gasteiger partial charge in [0, 0.05) is 116 Å². The zero-order valence-electron chi connectivity index (χ0n) is 38.6. The molecule has 354 valence electrons. The average Bonchev–Trinajstić information content (AvgIpc) is 3.33. The molecule has 6 N–H and O–H groups in total. The fourth-order valence-corrected chi connectivity index (χ4v) is 8.82. The molecule has 0 aliphatic carbocycles. The summed E-state index contributed by atoms with van der Waals surface area (Å²) in [4.78, 5) is 66.6. The Balaban J connectivity index is 0.000000151. The number of nitrogen functional groups attached to an aromatic ring is 3. The van der Waals surface area contributed by atoms with E-state index in [-0.39, 0.29) is 35.2 Å². The summed E-state index contributed by atoms with van der Waals surface area (Å²) in [5.74, 6) is 3.89. The summed E-state index contributed by atoms with van der Waals surface area (Å²) in [7, 11) is 0. The number of hydrogen-bond acceptors (Lipinski definition) is 15. The number of aromatic nitrogens is 6. The first-order chi connectivity index (χ1) is 32.8. The van der Waals surface area contributed by atoms with E-state index in [1.54, 1.807) is 30.7 Å². The van der Waals surface area contributed by atoms with E-state index in [9.17, 15) is 14.4 Å². The molecule has 6 heterocycles. The van der Waals surface area contributed by atoms with Crippen LogP contribution in [0.3, 0.4) is 0 Å². The number of nitrogens with two attached hydrogens (primary N) is 3. The molecule has 6 aromatic rings. The Morgan fingerprint density at radius 1 is 0.515 bits per heavy atom. The highest BCUT2D eigenvalue weighted by Crippen LogP contribution is 2.29. The number of hydrogen-bond donors (Lipinski definition) is 3. The minimum absolute atomic E-state index is 0.225. The summed E-state index contributed by atoms with van der Waals surface area (Å²) >= 11 is 12.2. The van der Waals surface area contributed by atoms with Crippen molar-refractivity contribution >= 4 is 75.9 Å². The van der Waals surface area contributed by atoms with Crippen molar-refractivity contribution in [2.75, 3.05) is 71.2 Å². The summed E-state index contributed by atoms with van der Waals surface area (Å²) in [5.41, 5.74) is 26.1. The lowest BCUT2D eigenvalue weighted by Gasteiger charge is -2.28. The van der Waals surface area contributed by atoms with Crippen LogP contribution in [0.2, 0.25) is 10.0 Å². The number of ketones is 3. The van der Waals surface area contributed by atoms with Gasteiger partial charge in [-0.25, -0.2) is 15.0 Å². The molecule has 17 heteroatoms. The number of piperidine rings is 3. The van der Waals surface area contributed by atoms with Gasteiger partial charge in [-0.15, -0.1) is 0 Å². The van der Waals surface area contributed by atoms with Gasteiger partial charge in [0.2, 0.25) is 17.8 Å². The Bertz CT molecular complexity index is 2710. The molecule has 0 unspecified atom stereocenters. The Labute approximate surface area is 407 Å². The molecule has 68 heavy (non-hydrogen) atoms. The van der Waals surface area contributed by atoms with Crippen LogP contribution in [0.15, 0.2) is 85.3 Å². The third-order valence-corrected chi connectivity index (χ3v) is 12.6. The number of halogens is 2. The Hall–Kier alpha value is -6.71. The molecule has 3 aromatic heterocycles. The van der Waals surface area contributed by atoms with Crippen LogP contribution >= 0.6 is 23.2 Å². The first kappa shape index (κ1) is 49.2. The maximum atomic E-state index is 11.8. The summed E-state index contributed by atoms with van der Waals surface area (Å²) in [6.45, 7) is 8.02. The predicted molar refractivity (Wildman–Crippen MR) is 271 cm³/mol. The van der Waals surface area contributed by atoms with E-state index in [0.29, 0.717) is 68.3 Å². The first-order valence-corrected chi connectivity index (χ1v) is 23.8. The molecular weight excluding hydrogens is 900 g/mol. The van der Waals surface area contributed by atoms with Crippen LogP contribution in [0.25, 0.3) is 0 Å². The van der Waals surface area contributed by atoms with E-state index in [1.165, 1.54) is 22.3 Å². The van der Waals surface area contributed by atoms with Crippen molar-refractivity contribution in [3.63, 3.8) is 0 Å². The molecule has 3 aliphatic heterocycles. The van der Waals surface area contributed by atoms with Crippen LogP contribution in [0.4, 0.5) is 35.3 Å². The van der Waals surface area contributed by atoms with Gasteiger partial charge in [0.1, 0.15) is 23.2 Å². The number of anilines is 6. The second-order valence-corrected chi connectivity index (χ2v) is 18.1. The molecule has 15 nitrogen and oxygen atoms in total. The monoisotopic (exact) mass is 956 g/mol. The van der Waals surface area contributed by atoms with E-state index in [4.69, 9.17) is 40.4 Å². The van der Waals surface area contributed by atoms with Crippen molar-refractivity contribution in [3.8, 4) is 0 Å². The van der Waals surface area contributed by atoms with Gasteiger partial charge in [-0.3, -0.25) is 14.4 Å². The third kappa shape index (κ3) is 13.7. The predicted octanol–water partition coefficient (Wildman–Crippen LogP) is 7.63. The number of rotatable bonds is 10. The van der Waals surface area contributed by atoms with Crippen molar-refractivity contribution in [2.45, 2.75) is 78.1 Å². The minimum atomic E-state index is 0.225. The van der Waals surface area contributed by atoms with Crippen molar-refractivity contribution in [3.05, 3.63) is 140 Å². The number of benzene rings is 3. The van der Waals surface area contributed by atoms with Crippen molar-refractivity contribution in [1.82, 2.24) is 29.9 Å². The quantitative estimate of drug-likeness (QED) is 0.120. The van der Waals surface area contributed by atoms with Crippen LogP contribution < -0.4 is 31.9 Å². The lowest BCUT2D eigenvalue weighted by Crippen LogP contribution is -2.37. The Morgan fingerprint density at radius 2 is 0.956 bits per heavy atom. The van der Waals surface area contributed by atoms with E-state index in [0.717, 1.165) is 84.9 Å². The van der Waals surface area contributed by atoms with Crippen molar-refractivity contribution < 1.29 is 14.4 Å². The molecule has 0 amide bonds. The first-order valence-electron chi connectivity index (χ1n) is 23.0. The van der Waals surface area contributed by atoms with Gasteiger partial charge < -0.3 is 31.9 Å². The zero-order valence-corrected chi connectivity index (χ0v) is 40.1. The summed E-state index contributed by atoms with van der Waals surface area (Å²) in [6, 6.07) is 22.4. The molecule has 9 rings (SSSR count). The van der Waals surface area contributed by atoms with Gasteiger partial charge in [-0.1, -0.05) is 90.3 Å². The zero-order chi connectivity index (χ0) is 48.2. The topological polar surface area (TPSA) is 216 Å². The van der Waals surface area contributed by atoms with Gasteiger partial charge in [0.25, 0.3) is 0 Å². The molecule has 0 bridgehead atoms. The van der Waals surface area contributed by atoms with Crippen molar-refractivity contribution in [1.29, 1.82) is 0 Å². The molecule has 0 atom stereocenters. The normalized spacial score (nSPS) is 15.1. The van der Waals surface area contributed by atoms with E-state index in [1.807, 2.05) is 15.9 Å². The smallest absolute Gasteiger partial charge is 0.221 e. The molecule has 3 fully saturated rings. The van der Waals surface area contributed by atoms with E-state index in [2.05, 4.69) is 97.2 Å². The second-order valence-electron chi connectivity index (χ2n) is 17.3.